The SMILES string of the molecule is CC(C)OP(=O)([O-])OP(=O)([O-])OC[C@H]1O[C@@H](n2ccc(NC(=O)Cc3cccc4ccccc34)nc2=O)C(O)[C@H]1O.CCCOP(=O)([O-])OP(=O)([O-])OC[C@H]1O[C@@H](n2ccc(=O)[nH]c2=O)C(OC(=O)Oc2ccccc2)[C@H]1OC(=O)Oc1ccccc1.O=C(Oc1ccccc1)OC1[C@@H](OC(=O)Oc2ccccc2)[C@@H](COP(=O)([O-])OP(=O)([O-])OCc2ccccc2)O[C@H]1n1ccc(=O)[nH]c1=O. The van der Waals surface area contributed by atoms with E-state index in [1.807, 2.05) is 52.4 Å². The molecule has 7 aromatic carbocycles. The number of aliphatic hydroxyl groups excluding tert-OH is 2. The molecule has 3 aromatic heterocycles. The molecule has 0 bridgehead atoms. The van der Waals surface area contributed by atoms with E-state index in [-0.39, 0.29) is 48.3 Å². The van der Waals surface area contributed by atoms with Crippen molar-refractivity contribution in [3.8, 4) is 23.0 Å². The molecule has 3 saturated heterocycles. The highest BCUT2D eigenvalue weighted by molar-refractivity contribution is 7.60. The van der Waals surface area contributed by atoms with Crippen LogP contribution in [0, 0.1) is 0 Å². The van der Waals surface area contributed by atoms with E-state index in [2.05, 4.69) is 41.3 Å². The first-order chi connectivity index (χ1) is 65.0. The van der Waals surface area contributed by atoms with Crippen LogP contribution in [0.2, 0.25) is 0 Å². The number of rotatable bonds is 37. The molecule has 0 saturated carbocycles. The third-order valence-electron chi connectivity index (χ3n) is 18.3. The zero-order valence-corrected chi connectivity index (χ0v) is 76.3. The lowest BCUT2D eigenvalue weighted by molar-refractivity contribution is -0.249. The predicted molar refractivity (Wildman–Crippen MR) is 451 cm³/mol. The third-order valence-corrected chi connectivity index (χ3v) is 26.1. The summed E-state index contributed by atoms with van der Waals surface area (Å²) in [7, 11) is -33.0. The molecule has 3 fully saturated rings. The van der Waals surface area contributed by atoms with Crippen molar-refractivity contribution >= 4 is 94.1 Å². The summed E-state index contributed by atoms with van der Waals surface area (Å²) >= 11 is 0. The van der Waals surface area contributed by atoms with Gasteiger partial charge in [0.15, 0.2) is 43.1 Å². The van der Waals surface area contributed by atoms with Crippen molar-refractivity contribution < 1.29 is 183 Å². The molecule has 0 spiro atoms. The van der Waals surface area contributed by atoms with Gasteiger partial charge in [-0.05, 0) is 96.8 Å². The van der Waals surface area contributed by atoms with Gasteiger partial charge in [-0.2, -0.15) is 4.98 Å². The van der Waals surface area contributed by atoms with Crippen LogP contribution >= 0.6 is 46.9 Å². The summed E-state index contributed by atoms with van der Waals surface area (Å²) < 4.78 is 174. The lowest BCUT2D eigenvalue weighted by atomic mass is 10.0. The van der Waals surface area contributed by atoms with E-state index in [4.69, 9.17) is 61.2 Å². The first-order valence-electron chi connectivity index (χ1n) is 40.0. The molecule has 137 heavy (non-hydrogen) atoms. The molecule has 1 amide bonds. The van der Waals surface area contributed by atoms with Crippen molar-refractivity contribution in [1.29, 1.82) is 0 Å². The third kappa shape index (κ3) is 32.1. The number of H-pyrrole nitrogens is 2. The van der Waals surface area contributed by atoms with Gasteiger partial charge in [0.05, 0.1) is 45.6 Å². The van der Waals surface area contributed by atoms with E-state index in [0.29, 0.717) is 5.56 Å². The number of aromatic amines is 2. The Hall–Kier alpha value is -11.8. The zero-order valence-electron chi connectivity index (χ0n) is 70.9. The summed E-state index contributed by atoms with van der Waals surface area (Å²) in [6, 6.07) is 54.5. The van der Waals surface area contributed by atoms with Crippen LogP contribution in [-0.4, -0.2) is 157 Å². The normalized spacial score (nSPS) is 22.1. The van der Waals surface area contributed by atoms with Crippen molar-refractivity contribution in [2.45, 2.75) is 120 Å². The number of para-hydroxylation sites is 4. The van der Waals surface area contributed by atoms with E-state index in [1.165, 1.54) is 80.6 Å². The van der Waals surface area contributed by atoms with Gasteiger partial charge in [-0.15, -0.1) is 0 Å². The number of aliphatic hydroxyl groups is 2. The van der Waals surface area contributed by atoms with Gasteiger partial charge in [-0.3, -0.25) is 65.4 Å². The number of hydrogen-bond acceptors (Lipinski definition) is 45. The minimum absolute atomic E-state index is 0.0170. The quantitative estimate of drug-likeness (QED) is 0.0141. The molecule has 13 rings (SSSR count). The molecule has 6 heterocycles. The summed E-state index contributed by atoms with van der Waals surface area (Å²) in [4.78, 5) is 206. The Kier molecular flexibility index (Phi) is 37.0. The highest BCUT2D eigenvalue weighted by Crippen LogP contribution is 2.59. The van der Waals surface area contributed by atoms with Crippen molar-refractivity contribution in [3.63, 3.8) is 0 Å². The minimum atomic E-state index is -5.75. The number of amides is 1. The number of anilines is 1. The molecule has 5 N–H and O–H groups in total. The number of fused-ring (bicyclic) bond motifs is 1. The second-order valence-corrected chi connectivity index (χ2v) is 37.5. The summed E-state index contributed by atoms with van der Waals surface area (Å²) in [6.07, 6.45) is -23.7. The first kappa shape index (κ1) is 106. The Morgan fingerprint density at radius 3 is 1.23 bits per heavy atom. The van der Waals surface area contributed by atoms with Crippen molar-refractivity contribution in [1.82, 2.24) is 28.7 Å². The van der Waals surface area contributed by atoms with Gasteiger partial charge in [0.25, 0.3) is 58.1 Å². The van der Waals surface area contributed by atoms with Crippen LogP contribution in [0.15, 0.2) is 255 Å². The van der Waals surface area contributed by atoms with Gasteiger partial charge in [0.2, 0.25) is 5.91 Å². The number of phosphoric acid groups is 6. The second kappa shape index (κ2) is 48.0. The van der Waals surface area contributed by atoms with E-state index >= 15 is 0 Å². The number of nitrogens with one attached hydrogen (secondary N) is 3. The molecule has 18 atom stereocenters. The molecule has 734 valence electrons. The average molecular weight is 2030 g/mol. The Morgan fingerprint density at radius 2 is 0.803 bits per heavy atom. The van der Waals surface area contributed by atoms with Crippen molar-refractivity contribution in [2.24, 2.45) is 0 Å². The van der Waals surface area contributed by atoms with Gasteiger partial charge in [-0.25, -0.2) is 46.5 Å². The first-order valence-corrected chi connectivity index (χ1v) is 48.7. The van der Waals surface area contributed by atoms with Crippen LogP contribution in [0.4, 0.5) is 25.0 Å². The smallest absolute Gasteiger partial charge is 0.514 e. The Labute approximate surface area is 771 Å². The molecular formula is C80H79N7O44P6-6. The van der Waals surface area contributed by atoms with Crippen molar-refractivity contribution in [3.05, 3.63) is 294 Å². The van der Waals surface area contributed by atoms with Crippen LogP contribution in [-0.2, 0) is 118 Å². The Balaban J connectivity index is 0.000000198. The highest BCUT2D eigenvalue weighted by Gasteiger charge is 2.54. The number of phosphoric ester groups is 6. The minimum Gasteiger partial charge on any atom is -0.756 e. The monoisotopic (exact) mass is 2030 g/mol. The van der Waals surface area contributed by atoms with Crippen molar-refractivity contribution in [2.75, 3.05) is 31.7 Å². The Morgan fingerprint density at radius 1 is 0.431 bits per heavy atom. The van der Waals surface area contributed by atoms with Crippen LogP contribution in [0.1, 0.15) is 57.0 Å². The molecule has 51 nitrogen and oxygen atoms in total. The fraction of sp³-hybridized carbons (Fsp3) is 0.287. The second-order valence-electron chi connectivity index (χ2n) is 28.6. The summed E-state index contributed by atoms with van der Waals surface area (Å²) in [5.41, 5.74) is -3.52. The van der Waals surface area contributed by atoms with Crippen LogP contribution < -0.4 is 81.8 Å². The highest BCUT2D eigenvalue weighted by atomic mass is 31.3. The molecule has 3 aliphatic heterocycles. The topological polar surface area (TPSA) is 708 Å². The molecule has 57 heteroatoms. The fourth-order valence-electron chi connectivity index (χ4n) is 12.6. The summed E-state index contributed by atoms with van der Waals surface area (Å²) in [6.45, 7) is 0.0927. The molecule has 3 aliphatic rings. The van der Waals surface area contributed by atoms with Gasteiger partial charge < -0.3 is 124 Å². The molecule has 0 radical (unpaired) electrons. The number of carbonyl (C=O) groups is 5. The van der Waals surface area contributed by atoms with E-state index in [0.717, 1.165) is 60.8 Å². The number of carbonyl (C=O) groups excluding carboxylic acids is 5. The predicted octanol–water partition coefficient (Wildman–Crippen LogP) is 5.38. The number of hydrogen-bond donors (Lipinski definition) is 5. The average Bonchev–Trinajstić information content (AvgIpc) is 1.63. The largest absolute Gasteiger partial charge is 0.756 e. The maximum absolute atomic E-state index is 12.9. The maximum Gasteiger partial charge on any atom is 0.514 e. The lowest BCUT2D eigenvalue weighted by Gasteiger charge is -2.32. The van der Waals surface area contributed by atoms with Gasteiger partial charge in [-0.1, -0.05) is 153 Å². The fourth-order valence-corrected chi connectivity index (χ4v) is 18.8. The standard InChI is InChI=1S/C30H28N2O16P2.C26H28N2O16P2.C24H29N3O12P2/c33-24-16-17-32(28(34)31-24)27-26(47-30(36)44-22-14-8-3-9-15-22)25(46-29(35)43-21-12-6-2-7-13-21)23(45-27)19-42-50(39,40)48-49(37,38)41-18-20-10-4-1-5-11-20;1-2-15-37-45(33,34)44-46(35,36)38-16-19-21(42-25(31)39-17-9-5-3-6-10-17)22(43-26(32)40-18-11-7-4-8-12-18)23(41-19)28-14-13-20(29)27-24(28)30;1-14(2)38-41(34,35)39-40(32,33)36-13-18-21(29)22(30)23(37-18)27-11-10-19(26-24(27)31)25-20(28)12-16-8-5-7-15-6-3-4-9-17(15)16/h1-17,23,25-27H,18-19H2,(H,37,38)(H,39,40)(H,31,33,34);3-14,19,21-23H,2,15-16H2,1H3,(H,33,34)(H,35,36)(H,27,29,30);3-11,14,18,21-23,29-30H,12-13H2,1-2H3,(H,32,33)(H,34,35)(H,25,26,28,31)/p-6/t23-,25+,26?,27-;19-,21+,22?,23-;18-,21+,22?,23-/m111/s1. The zero-order chi connectivity index (χ0) is 99.0. The number of benzene rings is 7. The lowest BCUT2D eigenvalue weighted by Crippen LogP contribution is -2.43. The van der Waals surface area contributed by atoms with Crippen LogP contribution in [0.25, 0.3) is 10.8 Å². The van der Waals surface area contributed by atoms with Gasteiger partial charge in [0.1, 0.15) is 59.3 Å². The molecule has 0 aliphatic carbocycles. The Bertz CT molecular complexity index is 6450. The molecule has 10 aromatic rings. The van der Waals surface area contributed by atoms with Gasteiger partial charge in [0, 0.05) is 30.7 Å². The number of ether oxygens (including phenoxy) is 11. The summed E-state index contributed by atoms with van der Waals surface area (Å²) in [5, 5.41) is 25.1. The van der Waals surface area contributed by atoms with Gasteiger partial charge >= 0.3 is 41.7 Å². The molecular weight excluding hydrogens is 1950 g/mol. The number of nitrogens with zero attached hydrogens (tertiary/aromatic N) is 4. The van der Waals surface area contributed by atoms with E-state index in [1.54, 1.807) is 97.9 Å². The van der Waals surface area contributed by atoms with E-state index < -0.39 is 212 Å². The van der Waals surface area contributed by atoms with Crippen LogP contribution in [0.5, 0.6) is 23.0 Å². The van der Waals surface area contributed by atoms with E-state index in [9.17, 15) is 115 Å². The number of aromatic nitrogens is 6. The van der Waals surface area contributed by atoms with Crippen LogP contribution in [0.3, 0.4) is 0 Å². The summed E-state index contributed by atoms with van der Waals surface area (Å²) in [5.74, 6) is -0.360. The molecule has 9 unspecified atom stereocenters. The maximum atomic E-state index is 12.9.